The van der Waals surface area contributed by atoms with Crippen LogP contribution in [0.4, 0.5) is 0 Å². The zero-order chi connectivity index (χ0) is 11.7. The molecule has 0 saturated heterocycles. The second-order valence-electron chi connectivity index (χ2n) is 3.91. The van der Waals surface area contributed by atoms with Crippen LogP contribution < -0.4 is 4.74 Å². The van der Waals surface area contributed by atoms with Gasteiger partial charge in [0, 0.05) is 11.8 Å². The SMILES string of the molecule is COc1cccc(-n2nc(C)c(C)c2C)c1. The lowest BCUT2D eigenvalue weighted by Gasteiger charge is -2.06. The van der Waals surface area contributed by atoms with E-state index in [1.54, 1.807) is 7.11 Å². The molecule has 3 heteroatoms. The van der Waals surface area contributed by atoms with Crippen molar-refractivity contribution in [1.29, 1.82) is 0 Å². The van der Waals surface area contributed by atoms with Gasteiger partial charge in [0.2, 0.25) is 0 Å². The Morgan fingerprint density at radius 1 is 1.19 bits per heavy atom. The molecule has 1 heterocycles. The Bertz CT molecular complexity index is 515. The Morgan fingerprint density at radius 3 is 2.50 bits per heavy atom. The van der Waals surface area contributed by atoms with E-state index in [9.17, 15) is 0 Å². The van der Waals surface area contributed by atoms with E-state index in [4.69, 9.17) is 4.74 Å². The molecule has 0 radical (unpaired) electrons. The van der Waals surface area contributed by atoms with Gasteiger partial charge in [-0.05, 0) is 38.5 Å². The molecule has 0 amide bonds. The molecule has 0 aliphatic heterocycles. The first-order chi connectivity index (χ1) is 7.63. The Hall–Kier alpha value is -1.77. The molecule has 2 rings (SSSR count). The van der Waals surface area contributed by atoms with E-state index in [0.717, 1.165) is 17.1 Å². The zero-order valence-electron chi connectivity index (χ0n) is 10.1. The van der Waals surface area contributed by atoms with Crippen molar-refractivity contribution in [3.63, 3.8) is 0 Å². The maximum absolute atomic E-state index is 5.21. The maximum Gasteiger partial charge on any atom is 0.121 e. The van der Waals surface area contributed by atoms with Crippen molar-refractivity contribution in [1.82, 2.24) is 9.78 Å². The lowest BCUT2D eigenvalue weighted by atomic mass is 10.2. The van der Waals surface area contributed by atoms with E-state index in [-0.39, 0.29) is 0 Å². The highest BCUT2D eigenvalue weighted by Crippen LogP contribution is 2.20. The standard InChI is InChI=1S/C13H16N2O/c1-9-10(2)14-15(11(9)3)12-6-5-7-13(8-12)16-4/h5-8H,1-4H3. The molecule has 2 aromatic rings. The fraction of sp³-hybridized carbons (Fsp3) is 0.308. The van der Waals surface area contributed by atoms with Crippen LogP contribution in [0.5, 0.6) is 5.75 Å². The summed E-state index contributed by atoms with van der Waals surface area (Å²) in [4.78, 5) is 0. The van der Waals surface area contributed by atoms with Crippen LogP contribution in [0.15, 0.2) is 24.3 Å². The van der Waals surface area contributed by atoms with Crippen molar-refractivity contribution in [3.05, 3.63) is 41.2 Å². The molecule has 0 atom stereocenters. The summed E-state index contributed by atoms with van der Waals surface area (Å²) in [7, 11) is 1.67. The number of methoxy groups -OCH3 is 1. The molecule has 0 unspecified atom stereocenters. The molecule has 0 spiro atoms. The van der Waals surface area contributed by atoms with E-state index in [1.165, 1.54) is 11.3 Å². The summed E-state index contributed by atoms with van der Waals surface area (Å²) < 4.78 is 7.16. The summed E-state index contributed by atoms with van der Waals surface area (Å²) in [5.74, 6) is 0.850. The average molecular weight is 216 g/mol. The number of aromatic nitrogens is 2. The van der Waals surface area contributed by atoms with E-state index in [2.05, 4.69) is 18.9 Å². The first kappa shape index (κ1) is 10.7. The Kier molecular flexibility index (Phi) is 2.69. The van der Waals surface area contributed by atoms with Crippen LogP contribution in [0.1, 0.15) is 17.0 Å². The van der Waals surface area contributed by atoms with Crippen LogP contribution in [0.25, 0.3) is 5.69 Å². The number of benzene rings is 1. The quantitative estimate of drug-likeness (QED) is 0.771. The van der Waals surface area contributed by atoms with Gasteiger partial charge in [0.15, 0.2) is 0 Å². The predicted octanol–water partition coefficient (Wildman–Crippen LogP) is 2.81. The van der Waals surface area contributed by atoms with Crippen molar-refractivity contribution in [3.8, 4) is 11.4 Å². The topological polar surface area (TPSA) is 27.1 Å². The zero-order valence-corrected chi connectivity index (χ0v) is 10.1. The molecule has 16 heavy (non-hydrogen) atoms. The normalized spacial score (nSPS) is 10.5. The molecule has 0 aliphatic rings. The molecule has 0 bridgehead atoms. The minimum absolute atomic E-state index is 0.850. The second kappa shape index (κ2) is 4.00. The number of ether oxygens (including phenoxy) is 1. The Labute approximate surface area is 95.7 Å². The summed E-state index contributed by atoms with van der Waals surface area (Å²) in [5.41, 5.74) is 4.52. The third-order valence-electron chi connectivity index (χ3n) is 2.95. The van der Waals surface area contributed by atoms with Crippen LogP contribution >= 0.6 is 0 Å². The van der Waals surface area contributed by atoms with Crippen LogP contribution in [0.3, 0.4) is 0 Å². The third-order valence-corrected chi connectivity index (χ3v) is 2.95. The van der Waals surface area contributed by atoms with Crippen molar-refractivity contribution in [2.75, 3.05) is 7.11 Å². The summed E-state index contributed by atoms with van der Waals surface area (Å²) in [6.45, 7) is 6.20. The molecule has 0 aliphatic carbocycles. The number of nitrogens with zero attached hydrogens (tertiary/aromatic N) is 2. The average Bonchev–Trinajstić information content (AvgIpc) is 2.57. The molecule has 1 aromatic carbocycles. The highest BCUT2D eigenvalue weighted by Gasteiger charge is 2.08. The maximum atomic E-state index is 5.21. The van der Waals surface area contributed by atoms with Crippen molar-refractivity contribution < 1.29 is 4.74 Å². The molecule has 0 N–H and O–H groups in total. The highest BCUT2D eigenvalue weighted by molar-refractivity contribution is 5.41. The Morgan fingerprint density at radius 2 is 1.94 bits per heavy atom. The molecule has 84 valence electrons. The third kappa shape index (κ3) is 1.69. The summed E-state index contributed by atoms with van der Waals surface area (Å²) in [5, 5.41) is 4.52. The minimum Gasteiger partial charge on any atom is -0.497 e. The van der Waals surface area contributed by atoms with Crippen LogP contribution in [0, 0.1) is 20.8 Å². The number of hydrogen-bond acceptors (Lipinski definition) is 2. The van der Waals surface area contributed by atoms with Gasteiger partial charge in [-0.1, -0.05) is 6.07 Å². The van der Waals surface area contributed by atoms with Gasteiger partial charge in [0.05, 0.1) is 18.5 Å². The van der Waals surface area contributed by atoms with Gasteiger partial charge < -0.3 is 4.74 Å². The van der Waals surface area contributed by atoms with E-state index < -0.39 is 0 Å². The fourth-order valence-electron chi connectivity index (χ4n) is 1.71. The molecule has 1 aromatic heterocycles. The van der Waals surface area contributed by atoms with Gasteiger partial charge in [0.1, 0.15) is 5.75 Å². The predicted molar refractivity (Wildman–Crippen MR) is 64.3 cm³/mol. The number of rotatable bonds is 2. The van der Waals surface area contributed by atoms with Gasteiger partial charge >= 0.3 is 0 Å². The van der Waals surface area contributed by atoms with E-state index in [1.807, 2.05) is 35.9 Å². The van der Waals surface area contributed by atoms with Gasteiger partial charge in [-0.15, -0.1) is 0 Å². The molecule has 0 fully saturated rings. The smallest absolute Gasteiger partial charge is 0.121 e. The summed E-state index contributed by atoms with van der Waals surface area (Å²) >= 11 is 0. The number of hydrogen-bond donors (Lipinski definition) is 0. The monoisotopic (exact) mass is 216 g/mol. The first-order valence-corrected chi connectivity index (χ1v) is 5.30. The van der Waals surface area contributed by atoms with Gasteiger partial charge in [-0.3, -0.25) is 0 Å². The molecular formula is C13H16N2O. The summed E-state index contributed by atoms with van der Waals surface area (Å²) in [6.07, 6.45) is 0. The van der Waals surface area contributed by atoms with Crippen LogP contribution in [-0.2, 0) is 0 Å². The lowest BCUT2D eigenvalue weighted by molar-refractivity contribution is 0.414. The van der Waals surface area contributed by atoms with E-state index >= 15 is 0 Å². The minimum atomic E-state index is 0.850. The molecule has 0 saturated carbocycles. The van der Waals surface area contributed by atoms with Gasteiger partial charge in [0.25, 0.3) is 0 Å². The largest absolute Gasteiger partial charge is 0.497 e. The van der Waals surface area contributed by atoms with Crippen LogP contribution in [0.2, 0.25) is 0 Å². The van der Waals surface area contributed by atoms with Crippen LogP contribution in [-0.4, -0.2) is 16.9 Å². The van der Waals surface area contributed by atoms with Gasteiger partial charge in [-0.2, -0.15) is 5.10 Å². The molecule has 3 nitrogen and oxygen atoms in total. The van der Waals surface area contributed by atoms with Gasteiger partial charge in [-0.25, -0.2) is 4.68 Å². The highest BCUT2D eigenvalue weighted by atomic mass is 16.5. The fourth-order valence-corrected chi connectivity index (χ4v) is 1.71. The molecular weight excluding hydrogens is 200 g/mol. The van der Waals surface area contributed by atoms with Crippen molar-refractivity contribution in [2.24, 2.45) is 0 Å². The Balaban J connectivity index is 2.54. The summed E-state index contributed by atoms with van der Waals surface area (Å²) in [6, 6.07) is 7.92. The van der Waals surface area contributed by atoms with Crippen molar-refractivity contribution in [2.45, 2.75) is 20.8 Å². The second-order valence-corrected chi connectivity index (χ2v) is 3.91. The first-order valence-electron chi connectivity index (χ1n) is 5.30. The van der Waals surface area contributed by atoms with Crippen molar-refractivity contribution >= 4 is 0 Å². The van der Waals surface area contributed by atoms with E-state index in [0.29, 0.717) is 0 Å². The number of aryl methyl sites for hydroxylation is 1. The lowest BCUT2D eigenvalue weighted by Crippen LogP contribution is -1.99.